The minimum Gasteiger partial charge on any atom is -0.312 e. The zero-order valence-corrected chi connectivity index (χ0v) is 13.5. The van der Waals surface area contributed by atoms with Crippen LogP contribution in [0.15, 0.2) is 0 Å². The number of rotatable bonds is 4. The highest BCUT2D eigenvalue weighted by molar-refractivity contribution is 4.91. The van der Waals surface area contributed by atoms with Gasteiger partial charge in [-0.3, -0.25) is 4.90 Å². The van der Waals surface area contributed by atoms with E-state index < -0.39 is 0 Å². The van der Waals surface area contributed by atoms with Crippen LogP contribution in [0.5, 0.6) is 0 Å². The molecule has 3 rings (SSSR count). The first-order valence-electron chi connectivity index (χ1n) is 9.25. The fraction of sp³-hybridized carbons (Fsp3) is 1.00. The summed E-state index contributed by atoms with van der Waals surface area (Å²) in [5.41, 5.74) is 0.771. The molecule has 0 aromatic rings. The predicted octanol–water partition coefficient (Wildman–Crippen LogP) is 3.95. The lowest BCUT2D eigenvalue weighted by molar-refractivity contribution is 0.0796. The molecule has 2 nitrogen and oxygen atoms in total. The summed E-state index contributed by atoms with van der Waals surface area (Å²) < 4.78 is 0. The number of hydrogen-bond acceptors (Lipinski definition) is 2. The fourth-order valence-electron chi connectivity index (χ4n) is 4.84. The smallest absolute Gasteiger partial charge is 0.0192 e. The van der Waals surface area contributed by atoms with E-state index in [2.05, 4.69) is 17.1 Å². The minimum absolute atomic E-state index is 0.732. The molecule has 1 atom stereocenters. The molecule has 2 saturated carbocycles. The Labute approximate surface area is 125 Å². The van der Waals surface area contributed by atoms with Crippen molar-refractivity contribution >= 4 is 0 Å². The molecule has 1 aliphatic heterocycles. The highest BCUT2D eigenvalue weighted by atomic mass is 15.2. The molecule has 1 saturated heterocycles. The molecule has 1 heterocycles. The van der Waals surface area contributed by atoms with Crippen molar-refractivity contribution < 1.29 is 0 Å². The summed E-state index contributed by atoms with van der Waals surface area (Å²) in [6, 6.07) is 1.55. The van der Waals surface area contributed by atoms with Crippen LogP contribution in [0.25, 0.3) is 0 Å². The Morgan fingerprint density at radius 3 is 2.25 bits per heavy atom. The quantitative estimate of drug-likeness (QED) is 0.837. The summed E-state index contributed by atoms with van der Waals surface area (Å²) in [6.45, 7) is 6.35. The van der Waals surface area contributed by atoms with E-state index in [0.29, 0.717) is 0 Å². The maximum Gasteiger partial charge on any atom is 0.0192 e. The van der Waals surface area contributed by atoms with Gasteiger partial charge in [-0.05, 0) is 64.0 Å². The highest BCUT2D eigenvalue weighted by Crippen LogP contribution is 2.46. The third-order valence-electron chi connectivity index (χ3n) is 6.45. The third kappa shape index (κ3) is 3.57. The topological polar surface area (TPSA) is 15.3 Å². The summed E-state index contributed by atoms with van der Waals surface area (Å²) >= 11 is 0. The molecule has 2 heteroatoms. The van der Waals surface area contributed by atoms with E-state index >= 15 is 0 Å². The van der Waals surface area contributed by atoms with Crippen LogP contribution in [-0.4, -0.2) is 36.6 Å². The Morgan fingerprint density at radius 1 is 0.950 bits per heavy atom. The van der Waals surface area contributed by atoms with Gasteiger partial charge in [0.15, 0.2) is 0 Å². The Morgan fingerprint density at radius 2 is 1.60 bits per heavy atom. The van der Waals surface area contributed by atoms with E-state index in [9.17, 15) is 0 Å². The van der Waals surface area contributed by atoms with Crippen LogP contribution < -0.4 is 5.32 Å². The van der Waals surface area contributed by atoms with E-state index in [-0.39, 0.29) is 0 Å². The molecule has 0 aromatic carbocycles. The van der Waals surface area contributed by atoms with E-state index in [1.807, 2.05) is 0 Å². The molecule has 3 aliphatic rings. The first kappa shape index (κ1) is 14.8. The summed E-state index contributed by atoms with van der Waals surface area (Å²) in [7, 11) is 0. The van der Waals surface area contributed by atoms with Gasteiger partial charge in [0, 0.05) is 18.6 Å². The second-order valence-corrected chi connectivity index (χ2v) is 7.84. The summed E-state index contributed by atoms with van der Waals surface area (Å²) in [5, 5.41) is 3.84. The van der Waals surface area contributed by atoms with Gasteiger partial charge < -0.3 is 5.32 Å². The molecule has 1 spiro atoms. The van der Waals surface area contributed by atoms with E-state index in [0.717, 1.165) is 17.5 Å². The Balaban J connectivity index is 1.38. The molecule has 0 bridgehead atoms. The molecular weight excluding hydrogens is 244 g/mol. The molecule has 0 radical (unpaired) electrons. The molecule has 20 heavy (non-hydrogen) atoms. The van der Waals surface area contributed by atoms with Crippen molar-refractivity contribution in [3.63, 3.8) is 0 Å². The van der Waals surface area contributed by atoms with Crippen LogP contribution in [0.3, 0.4) is 0 Å². The first-order chi connectivity index (χ1) is 9.77. The molecule has 1 N–H and O–H groups in total. The van der Waals surface area contributed by atoms with Gasteiger partial charge in [-0.2, -0.15) is 0 Å². The van der Waals surface area contributed by atoms with Crippen molar-refractivity contribution in [1.29, 1.82) is 0 Å². The van der Waals surface area contributed by atoms with Crippen molar-refractivity contribution in [2.45, 2.75) is 89.6 Å². The van der Waals surface area contributed by atoms with Gasteiger partial charge >= 0.3 is 0 Å². The third-order valence-corrected chi connectivity index (χ3v) is 6.45. The van der Waals surface area contributed by atoms with Gasteiger partial charge in [0.05, 0.1) is 0 Å². The van der Waals surface area contributed by atoms with E-state index in [4.69, 9.17) is 0 Å². The highest BCUT2D eigenvalue weighted by Gasteiger charge is 2.37. The van der Waals surface area contributed by atoms with Crippen molar-refractivity contribution in [2.75, 3.05) is 19.6 Å². The summed E-state index contributed by atoms with van der Waals surface area (Å²) in [6.07, 6.45) is 16.2. The molecule has 0 amide bonds. The lowest BCUT2D eigenvalue weighted by atomic mass is 9.77. The average molecular weight is 278 g/mol. The molecule has 116 valence electrons. The lowest BCUT2D eigenvalue weighted by Gasteiger charge is -2.42. The normalized spacial score (nSPS) is 29.9. The maximum absolute atomic E-state index is 3.84. The van der Waals surface area contributed by atoms with Crippen LogP contribution >= 0.6 is 0 Å². The van der Waals surface area contributed by atoms with Crippen LogP contribution in [0.2, 0.25) is 0 Å². The van der Waals surface area contributed by atoms with Crippen LogP contribution in [-0.2, 0) is 0 Å². The zero-order chi connectivity index (χ0) is 13.8. The van der Waals surface area contributed by atoms with Gasteiger partial charge in [0.25, 0.3) is 0 Å². The van der Waals surface area contributed by atoms with Gasteiger partial charge in [0.2, 0.25) is 0 Å². The average Bonchev–Trinajstić information content (AvgIpc) is 2.95. The SMILES string of the molecule is CC(CNC1CCCCC1)N1CCC2(CCCC2)CC1. The Bertz CT molecular complexity index is 280. The Hall–Kier alpha value is -0.0800. The van der Waals surface area contributed by atoms with E-state index in [1.54, 1.807) is 0 Å². The first-order valence-corrected chi connectivity index (χ1v) is 9.25. The number of piperidine rings is 1. The monoisotopic (exact) mass is 278 g/mol. The fourth-order valence-corrected chi connectivity index (χ4v) is 4.84. The van der Waals surface area contributed by atoms with Crippen LogP contribution in [0.1, 0.15) is 77.6 Å². The Kier molecular flexibility index (Phi) is 5.04. The summed E-state index contributed by atoms with van der Waals surface area (Å²) in [4.78, 5) is 2.75. The molecule has 3 fully saturated rings. The number of nitrogens with zero attached hydrogens (tertiary/aromatic N) is 1. The lowest BCUT2D eigenvalue weighted by Crippen LogP contribution is -2.48. The van der Waals surface area contributed by atoms with Crippen molar-refractivity contribution in [2.24, 2.45) is 5.41 Å². The van der Waals surface area contributed by atoms with Gasteiger partial charge in [-0.1, -0.05) is 32.1 Å². The zero-order valence-electron chi connectivity index (χ0n) is 13.5. The number of nitrogens with one attached hydrogen (secondary N) is 1. The number of likely N-dealkylation sites (tertiary alicyclic amines) is 1. The number of hydrogen-bond donors (Lipinski definition) is 1. The molecular formula is C18H34N2. The van der Waals surface area contributed by atoms with Gasteiger partial charge in [-0.25, -0.2) is 0 Å². The molecule has 2 aliphatic carbocycles. The van der Waals surface area contributed by atoms with Gasteiger partial charge in [0.1, 0.15) is 0 Å². The summed E-state index contributed by atoms with van der Waals surface area (Å²) in [5.74, 6) is 0. The second kappa shape index (κ2) is 6.79. The largest absolute Gasteiger partial charge is 0.312 e. The van der Waals surface area contributed by atoms with Gasteiger partial charge in [-0.15, -0.1) is 0 Å². The van der Waals surface area contributed by atoms with Crippen molar-refractivity contribution in [1.82, 2.24) is 10.2 Å². The van der Waals surface area contributed by atoms with Crippen molar-refractivity contribution in [3.8, 4) is 0 Å². The standard InChI is InChI=1S/C18H34N2/c1-16(15-19-17-7-3-2-4-8-17)20-13-11-18(12-14-20)9-5-6-10-18/h16-17,19H,2-15H2,1H3. The minimum atomic E-state index is 0.732. The van der Waals surface area contributed by atoms with Crippen molar-refractivity contribution in [3.05, 3.63) is 0 Å². The molecule has 0 aromatic heterocycles. The second-order valence-electron chi connectivity index (χ2n) is 7.84. The van der Waals surface area contributed by atoms with Crippen LogP contribution in [0, 0.1) is 5.41 Å². The van der Waals surface area contributed by atoms with E-state index in [1.165, 1.54) is 90.3 Å². The molecule has 1 unspecified atom stereocenters. The van der Waals surface area contributed by atoms with Crippen LogP contribution in [0.4, 0.5) is 0 Å². The predicted molar refractivity (Wildman–Crippen MR) is 86.0 cm³/mol. The maximum atomic E-state index is 3.84.